The van der Waals surface area contributed by atoms with E-state index in [1.807, 2.05) is 50.4 Å². The molecular formula is C16H23NO2S. The third-order valence-corrected chi connectivity index (χ3v) is 4.38. The lowest BCUT2D eigenvalue weighted by molar-refractivity contribution is -0.118. The number of aliphatic hydroxyl groups is 1. The number of rotatable bonds is 6. The minimum absolute atomic E-state index is 0.0196. The molecule has 1 aromatic carbocycles. The van der Waals surface area contributed by atoms with Crippen LogP contribution in [0.15, 0.2) is 29.8 Å². The summed E-state index contributed by atoms with van der Waals surface area (Å²) in [5.74, 6) is -0.0921. The van der Waals surface area contributed by atoms with Gasteiger partial charge in [-0.25, -0.2) is 0 Å². The molecule has 0 aliphatic rings. The lowest BCUT2D eigenvalue weighted by atomic mass is 10.1. The van der Waals surface area contributed by atoms with Gasteiger partial charge in [0, 0.05) is 16.9 Å². The predicted octanol–water partition coefficient (Wildman–Crippen LogP) is 2.63. The molecule has 0 radical (unpaired) electrons. The molecule has 0 saturated heterocycles. The topological polar surface area (TPSA) is 49.3 Å². The summed E-state index contributed by atoms with van der Waals surface area (Å²) in [4.78, 5) is 12.1. The largest absolute Gasteiger partial charge is 0.395 e. The maximum Gasteiger partial charge on any atom is 0.247 e. The number of nitrogens with one attached hydrogen (secondary N) is 1. The molecule has 0 bridgehead atoms. The van der Waals surface area contributed by atoms with Gasteiger partial charge in [0.2, 0.25) is 5.91 Å². The molecule has 2 unspecified atom stereocenters. The van der Waals surface area contributed by atoms with Crippen molar-refractivity contribution in [2.75, 3.05) is 12.9 Å². The number of hydrogen-bond donors (Lipinski definition) is 2. The molecule has 3 nitrogen and oxygen atoms in total. The average Bonchev–Trinajstić information content (AvgIpc) is 2.42. The summed E-state index contributed by atoms with van der Waals surface area (Å²) < 4.78 is 0. The molecule has 1 amide bonds. The van der Waals surface area contributed by atoms with E-state index in [0.717, 1.165) is 5.56 Å². The van der Waals surface area contributed by atoms with E-state index < -0.39 is 0 Å². The van der Waals surface area contributed by atoms with Crippen LogP contribution in [0.25, 0.3) is 6.08 Å². The number of aliphatic hydroxyl groups excluding tert-OH is 1. The Labute approximate surface area is 125 Å². The van der Waals surface area contributed by atoms with E-state index >= 15 is 0 Å². The summed E-state index contributed by atoms with van der Waals surface area (Å²) in [5, 5.41) is 12.2. The molecule has 1 aromatic rings. The number of carbonyl (C=O) groups is 1. The van der Waals surface area contributed by atoms with E-state index in [-0.39, 0.29) is 23.8 Å². The molecule has 20 heavy (non-hydrogen) atoms. The van der Waals surface area contributed by atoms with Gasteiger partial charge in [-0.2, -0.15) is 11.8 Å². The second kappa shape index (κ2) is 8.12. The smallest absolute Gasteiger partial charge is 0.247 e. The Morgan fingerprint density at radius 1 is 1.40 bits per heavy atom. The summed E-state index contributed by atoms with van der Waals surface area (Å²) >= 11 is 1.55. The van der Waals surface area contributed by atoms with Gasteiger partial charge in [0.15, 0.2) is 0 Å². The molecule has 110 valence electrons. The monoisotopic (exact) mass is 293 g/mol. The highest BCUT2D eigenvalue weighted by Gasteiger charge is 2.17. The molecular weight excluding hydrogens is 270 g/mol. The van der Waals surface area contributed by atoms with Gasteiger partial charge in [-0.1, -0.05) is 29.8 Å². The Morgan fingerprint density at radius 2 is 2.00 bits per heavy atom. The van der Waals surface area contributed by atoms with Gasteiger partial charge < -0.3 is 10.4 Å². The molecule has 0 heterocycles. The van der Waals surface area contributed by atoms with E-state index in [2.05, 4.69) is 5.32 Å². The third-order valence-electron chi connectivity index (χ3n) is 3.22. The molecule has 0 aromatic heterocycles. The molecule has 0 aliphatic carbocycles. The van der Waals surface area contributed by atoms with Crippen LogP contribution in [-0.2, 0) is 4.79 Å². The quantitative estimate of drug-likeness (QED) is 0.793. The Morgan fingerprint density at radius 3 is 2.50 bits per heavy atom. The van der Waals surface area contributed by atoms with Crippen LogP contribution in [0.2, 0.25) is 0 Å². The van der Waals surface area contributed by atoms with Crippen LogP contribution in [0, 0.1) is 6.92 Å². The van der Waals surface area contributed by atoms with Crippen molar-refractivity contribution >= 4 is 23.7 Å². The maximum atomic E-state index is 12.1. The van der Waals surface area contributed by atoms with Crippen LogP contribution in [0.1, 0.15) is 25.0 Å². The Kier molecular flexibility index (Phi) is 6.82. The highest BCUT2D eigenvalue weighted by Crippen LogP contribution is 2.12. The fourth-order valence-corrected chi connectivity index (χ4v) is 2.45. The highest BCUT2D eigenvalue weighted by molar-refractivity contribution is 7.99. The molecule has 1 rings (SSSR count). The first-order chi connectivity index (χ1) is 9.47. The van der Waals surface area contributed by atoms with Gasteiger partial charge in [0.05, 0.1) is 6.61 Å². The number of aryl methyl sites for hydroxylation is 1. The Bertz CT molecular complexity index is 464. The molecule has 2 atom stereocenters. The average molecular weight is 293 g/mol. The van der Waals surface area contributed by atoms with E-state index in [0.29, 0.717) is 5.57 Å². The van der Waals surface area contributed by atoms with Crippen molar-refractivity contribution in [3.8, 4) is 0 Å². The second-order valence-corrected chi connectivity index (χ2v) is 6.03. The third kappa shape index (κ3) is 5.02. The predicted molar refractivity (Wildman–Crippen MR) is 86.8 cm³/mol. The van der Waals surface area contributed by atoms with Crippen molar-refractivity contribution < 1.29 is 9.90 Å². The zero-order chi connectivity index (χ0) is 15.1. The minimum Gasteiger partial charge on any atom is -0.395 e. The summed E-state index contributed by atoms with van der Waals surface area (Å²) in [6.07, 6.45) is 3.80. The number of hydrogen-bond acceptors (Lipinski definition) is 3. The van der Waals surface area contributed by atoms with Gasteiger partial charge >= 0.3 is 0 Å². The van der Waals surface area contributed by atoms with E-state index in [1.165, 1.54) is 5.56 Å². The highest BCUT2D eigenvalue weighted by atomic mass is 32.2. The maximum absolute atomic E-state index is 12.1. The van der Waals surface area contributed by atoms with Crippen LogP contribution < -0.4 is 5.32 Å². The SMILES string of the molecule is CSC(CO)C(C)NC(=O)/C(C)=C/c1ccc(C)cc1. The molecule has 0 aliphatic heterocycles. The Hall–Kier alpha value is -1.26. The van der Waals surface area contributed by atoms with E-state index in [1.54, 1.807) is 18.7 Å². The lowest BCUT2D eigenvalue weighted by Crippen LogP contribution is -2.41. The van der Waals surface area contributed by atoms with Crippen LogP contribution in [-0.4, -0.2) is 35.2 Å². The van der Waals surface area contributed by atoms with Crippen molar-refractivity contribution in [2.45, 2.75) is 32.1 Å². The van der Waals surface area contributed by atoms with Crippen molar-refractivity contribution in [1.29, 1.82) is 0 Å². The minimum atomic E-state index is -0.0921. The number of benzene rings is 1. The molecule has 0 fully saturated rings. The molecule has 0 saturated carbocycles. The fraction of sp³-hybridized carbons (Fsp3) is 0.438. The molecule has 0 spiro atoms. The molecule has 2 N–H and O–H groups in total. The van der Waals surface area contributed by atoms with Crippen molar-refractivity contribution in [3.05, 3.63) is 41.0 Å². The van der Waals surface area contributed by atoms with Gasteiger partial charge in [0.25, 0.3) is 0 Å². The van der Waals surface area contributed by atoms with Gasteiger partial charge in [-0.05, 0) is 38.7 Å². The first-order valence-corrected chi connectivity index (χ1v) is 7.96. The van der Waals surface area contributed by atoms with E-state index in [9.17, 15) is 9.90 Å². The summed E-state index contributed by atoms with van der Waals surface area (Å²) in [6, 6.07) is 7.97. The van der Waals surface area contributed by atoms with Crippen molar-refractivity contribution in [3.63, 3.8) is 0 Å². The van der Waals surface area contributed by atoms with Crippen molar-refractivity contribution in [2.24, 2.45) is 0 Å². The van der Waals surface area contributed by atoms with Gasteiger partial charge in [-0.3, -0.25) is 4.79 Å². The van der Waals surface area contributed by atoms with Gasteiger partial charge in [0.1, 0.15) is 0 Å². The van der Waals surface area contributed by atoms with Crippen LogP contribution in [0.4, 0.5) is 0 Å². The zero-order valence-electron chi connectivity index (χ0n) is 12.5. The van der Waals surface area contributed by atoms with Gasteiger partial charge in [-0.15, -0.1) is 0 Å². The van der Waals surface area contributed by atoms with Crippen LogP contribution in [0.3, 0.4) is 0 Å². The van der Waals surface area contributed by atoms with E-state index in [4.69, 9.17) is 0 Å². The summed E-state index contributed by atoms with van der Waals surface area (Å²) in [7, 11) is 0. The van der Waals surface area contributed by atoms with Crippen LogP contribution >= 0.6 is 11.8 Å². The Balaban J connectivity index is 2.69. The summed E-state index contributed by atoms with van der Waals surface area (Å²) in [5.41, 5.74) is 2.88. The lowest BCUT2D eigenvalue weighted by Gasteiger charge is -2.21. The fourth-order valence-electron chi connectivity index (χ4n) is 1.83. The summed E-state index contributed by atoms with van der Waals surface area (Å²) in [6.45, 7) is 5.80. The second-order valence-electron chi connectivity index (χ2n) is 4.96. The first-order valence-electron chi connectivity index (χ1n) is 6.67. The number of thioether (sulfide) groups is 1. The standard InChI is InChI=1S/C16H23NO2S/c1-11-5-7-14(8-6-11)9-12(2)16(19)17-13(3)15(10-18)20-4/h5-9,13,15,18H,10H2,1-4H3,(H,17,19)/b12-9+. The molecule has 4 heteroatoms. The van der Waals surface area contributed by atoms with Crippen molar-refractivity contribution in [1.82, 2.24) is 5.32 Å². The zero-order valence-corrected chi connectivity index (χ0v) is 13.3. The normalized spacial score (nSPS) is 14.8. The first kappa shape index (κ1) is 16.8. The number of amides is 1. The number of carbonyl (C=O) groups excluding carboxylic acids is 1. The van der Waals surface area contributed by atoms with Crippen LogP contribution in [0.5, 0.6) is 0 Å².